The highest BCUT2D eigenvalue weighted by molar-refractivity contribution is 5.95. The molecule has 0 radical (unpaired) electrons. The lowest BCUT2D eigenvalue weighted by Gasteiger charge is -2.34. The minimum Gasteiger partial charge on any atom is -0.472 e. The van der Waals surface area contributed by atoms with Crippen molar-refractivity contribution in [1.82, 2.24) is 15.1 Å². The van der Waals surface area contributed by atoms with Gasteiger partial charge in [-0.2, -0.15) is 0 Å². The highest BCUT2D eigenvalue weighted by atomic mass is 16.3. The molecule has 0 aromatic carbocycles. The summed E-state index contributed by atoms with van der Waals surface area (Å²) in [5, 5.41) is 2.01. The summed E-state index contributed by atoms with van der Waals surface area (Å²) in [6.45, 7) is 2.27. The largest absolute Gasteiger partial charge is 0.472 e. The van der Waals surface area contributed by atoms with E-state index < -0.39 is 11.9 Å². The maximum absolute atomic E-state index is 12.0. The monoisotopic (exact) mass is 280 g/mol. The summed E-state index contributed by atoms with van der Waals surface area (Å²) in [6.07, 6.45) is 2.87. The Morgan fingerprint density at radius 3 is 2.50 bits per heavy atom. The van der Waals surface area contributed by atoms with Gasteiger partial charge < -0.3 is 15.1 Å². The summed E-state index contributed by atoms with van der Waals surface area (Å²) in [4.78, 5) is 37.5. The van der Waals surface area contributed by atoms with Crippen LogP contribution in [0, 0.1) is 0 Å². The second-order valence-electron chi connectivity index (χ2n) is 4.49. The van der Waals surface area contributed by atoms with Crippen molar-refractivity contribution in [2.75, 3.05) is 32.7 Å². The van der Waals surface area contributed by atoms with Crippen molar-refractivity contribution >= 4 is 17.8 Å². The second-order valence-corrected chi connectivity index (χ2v) is 4.49. The molecule has 8 heteroatoms. The SMILES string of the molecule is NC(=O)NC(=O)CN1CCN(C(=O)c2ccoc2)CC1. The van der Waals surface area contributed by atoms with E-state index in [1.165, 1.54) is 12.5 Å². The van der Waals surface area contributed by atoms with Crippen molar-refractivity contribution in [2.24, 2.45) is 5.73 Å². The first-order valence-corrected chi connectivity index (χ1v) is 6.19. The van der Waals surface area contributed by atoms with Crippen molar-refractivity contribution in [1.29, 1.82) is 0 Å². The number of nitrogens with two attached hydrogens (primary N) is 1. The summed E-state index contributed by atoms with van der Waals surface area (Å²) in [5.41, 5.74) is 5.38. The number of urea groups is 1. The molecule has 1 aromatic heterocycles. The molecule has 0 saturated carbocycles. The van der Waals surface area contributed by atoms with Gasteiger partial charge in [0.1, 0.15) is 6.26 Å². The van der Waals surface area contributed by atoms with Crippen LogP contribution >= 0.6 is 0 Å². The first-order chi connectivity index (χ1) is 9.56. The third-order valence-electron chi connectivity index (χ3n) is 3.06. The van der Waals surface area contributed by atoms with Crippen LogP contribution in [0.5, 0.6) is 0 Å². The summed E-state index contributed by atoms with van der Waals surface area (Å²) in [5.74, 6) is -0.521. The number of rotatable bonds is 3. The van der Waals surface area contributed by atoms with Crippen LogP contribution < -0.4 is 11.1 Å². The first kappa shape index (κ1) is 14.1. The van der Waals surface area contributed by atoms with Gasteiger partial charge in [-0.05, 0) is 6.07 Å². The fourth-order valence-corrected chi connectivity index (χ4v) is 2.06. The number of piperazine rings is 1. The van der Waals surface area contributed by atoms with Crippen LogP contribution in [-0.2, 0) is 4.79 Å². The number of hydrogen-bond acceptors (Lipinski definition) is 5. The fourth-order valence-electron chi connectivity index (χ4n) is 2.06. The molecule has 0 aliphatic carbocycles. The lowest BCUT2D eigenvalue weighted by Crippen LogP contribution is -2.51. The topological polar surface area (TPSA) is 109 Å². The van der Waals surface area contributed by atoms with E-state index in [1.54, 1.807) is 11.0 Å². The number of nitrogens with zero attached hydrogens (tertiary/aromatic N) is 2. The Labute approximate surface area is 115 Å². The molecule has 20 heavy (non-hydrogen) atoms. The van der Waals surface area contributed by atoms with Gasteiger partial charge in [-0.25, -0.2) is 4.79 Å². The Bertz CT molecular complexity index is 492. The van der Waals surface area contributed by atoms with Crippen LogP contribution in [0.25, 0.3) is 0 Å². The van der Waals surface area contributed by atoms with Crippen LogP contribution in [0.1, 0.15) is 10.4 Å². The van der Waals surface area contributed by atoms with E-state index in [0.29, 0.717) is 31.7 Å². The van der Waals surface area contributed by atoms with Gasteiger partial charge in [-0.3, -0.25) is 19.8 Å². The van der Waals surface area contributed by atoms with Gasteiger partial charge in [0.25, 0.3) is 5.91 Å². The van der Waals surface area contributed by atoms with E-state index in [0.717, 1.165) is 0 Å². The molecule has 1 saturated heterocycles. The maximum Gasteiger partial charge on any atom is 0.318 e. The van der Waals surface area contributed by atoms with Crippen molar-refractivity contribution in [3.8, 4) is 0 Å². The molecular weight excluding hydrogens is 264 g/mol. The molecule has 0 unspecified atom stereocenters. The third kappa shape index (κ3) is 3.58. The summed E-state index contributed by atoms with van der Waals surface area (Å²) in [7, 11) is 0. The van der Waals surface area contributed by atoms with Crippen LogP contribution in [0.15, 0.2) is 23.0 Å². The van der Waals surface area contributed by atoms with Gasteiger partial charge >= 0.3 is 6.03 Å². The number of nitrogens with one attached hydrogen (secondary N) is 1. The van der Waals surface area contributed by atoms with Gasteiger partial charge in [0, 0.05) is 26.2 Å². The molecule has 3 N–H and O–H groups in total. The predicted octanol–water partition coefficient (Wildman–Crippen LogP) is -0.768. The number of amides is 4. The van der Waals surface area contributed by atoms with E-state index in [1.807, 2.05) is 10.2 Å². The maximum atomic E-state index is 12.0. The Balaban J connectivity index is 1.79. The lowest BCUT2D eigenvalue weighted by atomic mass is 10.2. The average Bonchev–Trinajstić information content (AvgIpc) is 2.91. The van der Waals surface area contributed by atoms with Gasteiger partial charge in [-0.15, -0.1) is 0 Å². The molecule has 4 amide bonds. The molecule has 0 bridgehead atoms. The molecule has 0 spiro atoms. The normalized spacial score (nSPS) is 15.9. The zero-order valence-electron chi connectivity index (χ0n) is 10.9. The van der Waals surface area contributed by atoms with Gasteiger partial charge in [0.15, 0.2) is 0 Å². The zero-order valence-corrected chi connectivity index (χ0v) is 10.9. The molecule has 1 aliphatic rings. The molecule has 1 fully saturated rings. The summed E-state index contributed by atoms with van der Waals surface area (Å²) >= 11 is 0. The number of primary amides is 1. The Morgan fingerprint density at radius 1 is 1.25 bits per heavy atom. The third-order valence-corrected chi connectivity index (χ3v) is 3.06. The first-order valence-electron chi connectivity index (χ1n) is 6.19. The van der Waals surface area contributed by atoms with Crippen LogP contribution in [0.2, 0.25) is 0 Å². The molecule has 2 rings (SSSR count). The molecule has 108 valence electrons. The number of imide groups is 1. The summed E-state index contributed by atoms with van der Waals surface area (Å²) in [6, 6.07) is 0.762. The minimum absolute atomic E-state index is 0.0833. The lowest BCUT2D eigenvalue weighted by molar-refractivity contribution is -0.121. The van der Waals surface area contributed by atoms with Gasteiger partial charge in [0.2, 0.25) is 5.91 Å². The standard InChI is InChI=1S/C12H16N4O4/c13-12(19)14-10(17)7-15-2-4-16(5-3-15)11(18)9-1-6-20-8-9/h1,6,8H,2-5,7H2,(H3,13,14,17,19). The Morgan fingerprint density at radius 2 is 1.95 bits per heavy atom. The number of carbonyl (C=O) groups excluding carboxylic acids is 3. The van der Waals surface area contributed by atoms with Gasteiger partial charge in [0.05, 0.1) is 18.4 Å². The van der Waals surface area contributed by atoms with Gasteiger partial charge in [-0.1, -0.05) is 0 Å². The number of furan rings is 1. The second kappa shape index (κ2) is 6.20. The van der Waals surface area contributed by atoms with Crippen molar-refractivity contribution in [3.63, 3.8) is 0 Å². The Hall–Kier alpha value is -2.35. The van der Waals surface area contributed by atoms with E-state index >= 15 is 0 Å². The quantitative estimate of drug-likeness (QED) is 0.756. The van der Waals surface area contributed by atoms with E-state index in [2.05, 4.69) is 0 Å². The minimum atomic E-state index is -0.858. The molecule has 0 atom stereocenters. The molecule has 2 heterocycles. The molecular formula is C12H16N4O4. The van der Waals surface area contributed by atoms with E-state index in [9.17, 15) is 14.4 Å². The zero-order chi connectivity index (χ0) is 14.5. The molecule has 1 aliphatic heterocycles. The van der Waals surface area contributed by atoms with Crippen LogP contribution in [-0.4, -0.2) is 60.4 Å². The number of hydrogen-bond donors (Lipinski definition) is 2. The molecule has 8 nitrogen and oxygen atoms in total. The van der Waals surface area contributed by atoms with Crippen molar-refractivity contribution < 1.29 is 18.8 Å². The number of carbonyl (C=O) groups is 3. The van der Waals surface area contributed by atoms with E-state index in [4.69, 9.17) is 10.2 Å². The van der Waals surface area contributed by atoms with Crippen molar-refractivity contribution in [2.45, 2.75) is 0 Å². The van der Waals surface area contributed by atoms with Crippen LogP contribution in [0.4, 0.5) is 4.79 Å². The van der Waals surface area contributed by atoms with E-state index in [-0.39, 0.29) is 12.5 Å². The smallest absolute Gasteiger partial charge is 0.318 e. The average molecular weight is 280 g/mol. The van der Waals surface area contributed by atoms with Crippen molar-refractivity contribution in [3.05, 3.63) is 24.2 Å². The fraction of sp³-hybridized carbons (Fsp3) is 0.417. The highest BCUT2D eigenvalue weighted by Crippen LogP contribution is 2.09. The molecule has 1 aromatic rings. The highest BCUT2D eigenvalue weighted by Gasteiger charge is 2.23. The Kier molecular flexibility index (Phi) is 4.36. The predicted molar refractivity (Wildman–Crippen MR) is 68.8 cm³/mol. The van der Waals surface area contributed by atoms with Crippen LogP contribution in [0.3, 0.4) is 0 Å². The summed E-state index contributed by atoms with van der Waals surface area (Å²) < 4.78 is 4.88.